The van der Waals surface area contributed by atoms with Crippen LogP contribution in [0, 0.1) is 0 Å². The molecule has 0 heterocycles. The lowest BCUT2D eigenvalue weighted by molar-refractivity contribution is -0.0275. The van der Waals surface area contributed by atoms with Crippen LogP contribution >= 0.6 is 0 Å². The number of ether oxygens (including phenoxy) is 1. The zero-order valence-corrected chi connectivity index (χ0v) is 12.8. The second-order valence-corrected chi connectivity index (χ2v) is 6.37. The van der Waals surface area contributed by atoms with Gasteiger partial charge in [0.15, 0.2) is 0 Å². The molecule has 7 nitrogen and oxygen atoms in total. The summed E-state index contributed by atoms with van der Waals surface area (Å²) in [6, 6.07) is 0. The van der Waals surface area contributed by atoms with Gasteiger partial charge < -0.3 is 18.0 Å². The summed E-state index contributed by atoms with van der Waals surface area (Å²) in [6.45, 7) is 10.6. The first-order valence-corrected chi connectivity index (χ1v) is 7.97. The molecule has 2 atom stereocenters. The second kappa shape index (κ2) is 9.32. The van der Waals surface area contributed by atoms with Crippen molar-refractivity contribution in [2.24, 2.45) is 5.11 Å². The summed E-state index contributed by atoms with van der Waals surface area (Å²) in [5.41, 5.74) is 7.97. The van der Waals surface area contributed by atoms with E-state index in [2.05, 4.69) is 10.0 Å². The van der Waals surface area contributed by atoms with E-state index in [1.54, 1.807) is 6.92 Å². The van der Waals surface area contributed by atoms with E-state index in [1.165, 1.54) is 0 Å². The summed E-state index contributed by atoms with van der Waals surface area (Å²) in [4.78, 5) is 2.70. The first kappa shape index (κ1) is 17.4. The maximum Gasteiger partial charge on any atom is 0.531 e. The summed E-state index contributed by atoms with van der Waals surface area (Å²) in [5, 5.41) is 3.47. The largest absolute Gasteiger partial charge is 0.531 e. The van der Waals surface area contributed by atoms with E-state index in [4.69, 9.17) is 23.5 Å². The maximum atomic E-state index is 8.36. The molecule has 106 valence electrons. The highest BCUT2D eigenvalue weighted by molar-refractivity contribution is 6.62. The van der Waals surface area contributed by atoms with Crippen molar-refractivity contribution >= 4 is 8.80 Å². The van der Waals surface area contributed by atoms with Gasteiger partial charge in [0.25, 0.3) is 0 Å². The van der Waals surface area contributed by atoms with Crippen LogP contribution in [0.25, 0.3) is 10.4 Å². The van der Waals surface area contributed by atoms with Crippen LogP contribution in [0.5, 0.6) is 0 Å². The van der Waals surface area contributed by atoms with E-state index in [-0.39, 0.29) is 0 Å². The molecule has 2 unspecified atom stereocenters. The van der Waals surface area contributed by atoms with Crippen molar-refractivity contribution in [2.75, 3.05) is 19.8 Å². The standard InChI is InChI=1S/C10H23N3O4Si/c1-6-14-18(15-7-2,16-8-3)10(5)17-9(4)12-13-11/h9-10H,6-8H2,1-5H3. The van der Waals surface area contributed by atoms with Crippen molar-refractivity contribution in [3.63, 3.8) is 0 Å². The quantitative estimate of drug-likeness (QED) is 0.266. The number of hydrogen-bond acceptors (Lipinski definition) is 5. The number of nitrogens with zero attached hydrogens (tertiary/aromatic N) is 3. The molecule has 0 aliphatic carbocycles. The molecular weight excluding hydrogens is 254 g/mol. The van der Waals surface area contributed by atoms with Crippen molar-refractivity contribution in [1.82, 2.24) is 0 Å². The molecular formula is C10H23N3O4Si. The Balaban J connectivity index is 4.83. The van der Waals surface area contributed by atoms with Gasteiger partial charge >= 0.3 is 8.80 Å². The minimum atomic E-state index is -2.90. The van der Waals surface area contributed by atoms with Gasteiger partial charge in [-0.05, 0) is 40.1 Å². The van der Waals surface area contributed by atoms with E-state index >= 15 is 0 Å². The molecule has 0 bridgehead atoms. The average molecular weight is 277 g/mol. The van der Waals surface area contributed by atoms with E-state index < -0.39 is 20.8 Å². The molecule has 0 aliphatic rings. The molecule has 0 rings (SSSR count). The van der Waals surface area contributed by atoms with Gasteiger partial charge in [0.2, 0.25) is 0 Å². The molecule has 0 aliphatic heterocycles. The van der Waals surface area contributed by atoms with Crippen LogP contribution < -0.4 is 0 Å². The average Bonchev–Trinajstić information content (AvgIpc) is 2.30. The predicted octanol–water partition coefficient (Wildman–Crippen LogP) is 2.64. The number of rotatable bonds is 10. The SMILES string of the molecule is CCO[Si](OCC)(OCC)C(C)OC(C)N=[N+]=[N-]. The normalized spacial score (nSPS) is 14.9. The molecule has 0 aromatic heterocycles. The van der Waals surface area contributed by atoms with Crippen molar-refractivity contribution in [1.29, 1.82) is 0 Å². The van der Waals surface area contributed by atoms with Crippen molar-refractivity contribution in [3.8, 4) is 0 Å². The van der Waals surface area contributed by atoms with Crippen molar-refractivity contribution < 1.29 is 18.0 Å². The summed E-state index contributed by atoms with van der Waals surface area (Å²) < 4.78 is 22.6. The lowest BCUT2D eigenvalue weighted by Gasteiger charge is -2.33. The van der Waals surface area contributed by atoms with Crippen LogP contribution in [0.4, 0.5) is 0 Å². The summed E-state index contributed by atoms with van der Waals surface area (Å²) in [5.74, 6) is 0. The Labute approximate surface area is 109 Å². The first-order valence-electron chi connectivity index (χ1n) is 6.17. The van der Waals surface area contributed by atoms with Crippen LogP contribution in [0.3, 0.4) is 0 Å². The summed E-state index contributed by atoms with van der Waals surface area (Å²) in [7, 11) is -2.90. The Morgan fingerprint density at radius 1 is 1.06 bits per heavy atom. The number of hydrogen-bond donors (Lipinski definition) is 0. The molecule has 8 heteroatoms. The summed E-state index contributed by atoms with van der Waals surface area (Å²) in [6.07, 6.45) is -0.585. The third-order valence-corrected chi connectivity index (χ3v) is 5.35. The van der Waals surface area contributed by atoms with Gasteiger partial charge in [-0.3, -0.25) is 0 Å². The third-order valence-electron chi connectivity index (χ3n) is 2.15. The Morgan fingerprint density at radius 3 is 1.83 bits per heavy atom. The Morgan fingerprint density at radius 2 is 1.50 bits per heavy atom. The smallest absolute Gasteiger partial charge is 0.372 e. The fraction of sp³-hybridized carbons (Fsp3) is 1.00. The minimum absolute atomic E-state index is 0.391. The van der Waals surface area contributed by atoms with Gasteiger partial charge in [0.05, 0.1) is 0 Å². The molecule has 0 radical (unpaired) electrons. The summed E-state index contributed by atoms with van der Waals surface area (Å²) >= 11 is 0. The first-order chi connectivity index (χ1) is 8.56. The predicted molar refractivity (Wildman–Crippen MR) is 69.8 cm³/mol. The van der Waals surface area contributed by atoms with Crippen LogP contribution in [0.15, 0.2) is 5.11 Å². The van der Waals surface area contributed by atoms with Gasteiger partial charge in [-0.15, -0.1) is 0 Å². The van der Waals surface area contributed by atoms with Gasteiger partial charge in [-0.1, -0.05) is 5.11 Å². The van der Waals surface area contributed by atoms with Gasteiger partial charge in [0.1, 0.15) is 12.0 Å². The van der Waals surface area contributed by atoms with Gasteiger partial charge in [-0.2, -0.15) is 0 Å². The number of azide groups is 1. The molecule has 0 saturated heterocycles. The third kappa shape index (κ3) is 5.34. The fourth-order valence-electron chi connectivity index (χ4n) is 1.56. The second-order valence-electron chi connectivity index (χ2n) is 3.49. The molecule has 0 aromatic rings. The van der Waals surface area contributed by atoms with E-state index in [0.29, 0.717) is 19.8 Å². The Kier molecular flexibility index (Phi) is 8.99. The van der Waals surface area contributed by atoms with Crippen LogP contribution in [0.1, 0.15) is 34.6 Å². The molecule has 0 amide bonds. The highest BCUT2D eigenvalue weighted by atomic mass is 28.4. The molecule has 0 spiro atoms. The molecule has 18 heavy (non-hydrogen) atoms. The van der Waals surface area contributed by atoms with Crippen LogP contribution in [-0.2, 0) is 18.0 Å². The van der Waals surface area contributed by atoms with E-state index in [1.807, 2.05) is 27.7 Å². The molecule has 0 aromatic carbocycles. The lowest BCUT2D eigenvalue weighted by Crippen LogP contribution is -2.57. The lowest BCUT2D eigenvalue weighted by atomic mass is 10.7. The van der Waals surface area contributed by atoms with Crippen LogP contribution in [0.2, 0.25) is 0 Å². The highest BCUT2D eigenvalue weighted by Gasteiger charge is 2.48. The van der Waals surface area contributed by atoms with Gasteiger partial charge in [-0.25, -0.2) is 0 Å². The topological polar surface area (TPSA) is 85.7 Å². The Hall–Kier alpha value is -0.633. The fourth-order valence-corrected chi connectivity index (χ4v) is 4.08. The van der Waals surface area contributed by atoms with Crippen LogP contribution in [-0.4, -0.2) is 40.6 Å². The molecule has 0 fully saturated rings. The highest BCUT2D eigenvalue weighted by Crippen LogP contribution is 2.19. The van der Waals surface area contributed by atoms with Crippen molar-refractivity contribution in [3.05, 3.63) is 10.4 Å². The molecule has 0 saturated carbocycles. The molecule has 0 N–H and O–H groups in total. The Bertz CT molecular complexity index is 257. The van der Waals surface area contributed by atoms with Crippen molar-refractivity contribution in [2.45, 2.75) is 46.6 Å². The van der Waals surface area contributed by atoms with Gasteiger partial charge in [0, 0.05) is 24.7 Å². The van der Waals surface area contributed by atoms with E-state index in [0.717, 1.165) is 0 Å². The van der Waals surface area contributed by atoms with E-state index in [9.17, 15) is 0 Å². The zero-order valence-electron chi connectivity index (χ0n) is 11.8. The monoisotopic (exact) mass is 277 g/mol. The zero-order chi connectivity index (χ0) is 14.0. The minimum Gasteiger partial charge on any atom is -0.372 e. The maximum absolute atomic E-state index is 8.36.